The summed E-state index contributed by atoms with van der Waals surface area (Å²) < 4.78 is 12.5. The highest BCUT2D eigenvalue weighted by Gasteiger charge is 2.11. The van der Waals surface area contributed by atoms with E-state index in [0.29, 0.717) is 30.3 Å². The van der Waals surface area contributed by atoms with E-state index in [1.807, 2.05) is 50.2 Å². The standard InChI is InChI=1S/C24H23BrN2O5/c1-3-30-23-12-20(14-26-32-16-19-5-4-6-21(11-19)27(28)29)22(25)13-24(23)31-15-18-9-7-17(2)8-10-18/h4-14H,3,15-16H2,1-2H3/b26-14-. The molecule has 7 nitrogen and oxygen atoms in total. The molecule has 0 fully saturated rings. The van der Waals surface area contributed by atoms with Crippen LogP contribution in [0.3, 0.4) is 0 Å². The minimum atomic E-state index is -0.443. The highest BCUT2D eigenvalue weighted by atomic mass is 79.9. The van der Waals surface area contributed by atoms with Crippen LogP contribution in [0.25, 0.3) is 0 Å². The van der Waals surface area contributed by atoms with Crippen molar-refractivity contribution in [1.82, 2.24) is 0 Å². The van der Waals surface area contributed by atoms with Crippen LogP contribution in [-0.4, -0.2) is 17.7 Å². The molecule has 0 aliphatic rings. The molecule has 0 amide bonds. The summed E-state index contributed by atoms with van der Waals surface area (Å²) in [5.74, 6) is 1.22. The maximum atomic E-state index is 10.9. The third-order valence-corrected chi connectivity index (χ3v) is 5.18. The Kier molecular flexibility index (Phi) is 8.21. The van der Waals surface area contributed by atoms with E-state index in [9.17, 15) is 10.1 Å². The Bertz CT molecular complexity index is 1100. The number of aryl methyl sites for hydroxylation is 1. The van der Waals surface area contributed by atoms with Gasteiger partial charge in [-0.2, -0.15) is 0 Å². The predicted octanol–water partition coefficient (Wildman–Crippen LogP) is 6.19. The van der Waals surface area contributed by atoms with Crippen LogP contribution in [-0.2, 0) is 18.1 Å². The first kappa shape index (κ1) is 23.3. The fourth-order valence-corrected chi connectivity index (χ4v) is 3.27. The molecule has 0 saturated heterocycles. The number of rotatable bonds is 10. The van der Waals surface area contributed by atoms with E-state index < -0.39 is 4.92 Å². The Morgan fingerprint density at radius 2 is 1.75 bits per heavy atom. The van der Waals surface area contributed by atoms with Gasteiger partial charge in [-0.1, -0.05) is 47.1 Å². The summed E-state index contributed by atoms with van der Waals surface area (Å²) in [6.45, 7) is 4.98. The van der Waals surface area contributed by atoms with Crippen molar-refractivity contribution in [2.24, 2.45) is 5.16 Å². The highest BCUT2D eigenvalue weighted by Crippen LogP contribution is 2.34. The first-order valence-corrected chi connectivity index (χ1v) is 10.8. The Balaban J connectivity index is 1.67. The summed E-state index contributed by atoms with van der Waals surface area (Å²) in [4.78, 5) is 15.7. The van der Waals surface area contributed by atoms with Crippen molar-refractivity contribution in [1.29, 1.82) is 0 Å². The van der Waals surface area contributed by atoms with Gasteiger partial charge >= 0.3 is 0 Å². The molecule has 0 heterocycles. The lowest BCUT2D eigenvalue weighted by atomic mass is 10.2. The molecule has 32 heavy (non-hydrogen) atoms. The maximum Gasteiger partial charge on any atom is 0.269 e. The number of halogens is 1. The molecule has 3 aromatic carbocycles. The molecule has 166 valence electrons. The number of non-ortho nitro benzene ring substituents is 1. The van der Waals surface area contributed by atoms with Gasteiger partial charge in [-0.3, -0.25) is 10.1 Å². The van der Waals surface area contributed by atoms with E-state index in [1.54, 1.807) is 18.3 Å². The smallest absolute Gasteiger partial charge is 0.269 e. The van der Waals surface area contributed by atoms with Crippen molar-refractivity contribution in [3.8, 4) is 11.5 Å². The summed E-state index contributed by atoms with van der Waals surface area (Å²) in [5.41, 5.74) is 3.68. The largest absolute Gasteiger partial charge is 0.490 e. The van der Waals surface area contributed by atoms with Crippen LogP contribution in [0, 0.1) is 17.0 Å². The van der Waals surface area contributed by atoms with Gasteiger partial charge in [-0.25, -0.2) is 0 Å². The van der Waals surface area contributed by atoms with E-state index in [0.717, 1.165) is 15.6 Å². The molecule has 0 unspecified atom stereocenters. The summed E-state index contributed by atoms with van der Waals surface area (Å²) in [5, 5.41) is 14.9. The number of benzene rings is 3. The van der Waals surface area contributed by atoms with Gasteiger partial charge in [0.05, 0.1) is 17.7 Å². The van der Waals surface area contributed by atoms with Crippen LogP contribution in [0.5, 0.6) is 11.5 Å². The van der Waals surface area contributed by atoms with Crippen molar-refractivity contribution in [2.75, 3.05) is 6.61 Å². The molecular weight excluding hydrogens is 476 g/mol. The lowest BCUT2D eigenvalue weighted by Crippen LogP contribution is -2.01. The monoisotopic (exact) mass is 498 g/mol. The van der Waals surface area contributed by atoms with E-state index >= 15 is 0 Å². The Morgan fingerprint density at radius 1 is 1.00 bits per heavy atom. The molecule has 3 rings (SSSR count). The third kappa shape index (κ3) is 6.55. The Morgan fingerprint density at radius 3 is 2.47 bits per heavy atom. The van der Waals surface area contributed by atoms with Crippen LogP contribution < -0.4 is 9.47 Å². The van der Waals surface area contributed by atoms with Crippen molar-refractivity contribution >= 4 is 27.8 Å². The zero-order chi connectivity index (χ0) is 22.9. The van der Waals surface area contributed by atoms with Crippen molar-refractivity contribution in [3.05, 3.63) is 97.5 Å². The molecule has 0 radical (unpaired) electrons. The number of hydrogen-bond donors (Lipinski definition) is 0. The van der Waals surface area contributed by atoms with Crippen LogP contribution in [0.2, 0.25) is 0 Å². The summed E-state index contributed by atoms with van der Waals surface area (Å²) in [6, 6.07) is 18.1. The van der Waals surface area contributed by atoms with Crippen molar-refractivity contribution in [2.45, 2.75) is 27.1 Å². The quantitative estimate of drug-likeness (QED) is 0.189. The fraction of sp³-hybridized carbons (Fsp3) is 0.208. The topological polar surface area (TPSA) is 83.2 Å². The maximum absolute atomic E-state index is 10.9. The van der Waals surface area contributed by atoms with Crippen molar-refractivity contribution in [3.63, 3.8) is 0 Å². The first-order valence-electron chi connectivity index (χ1n) is 9.99. The third-order valence-electron chi connectivity index (χ3n) is 4.50. The highest BCUT2D eigenvalue weighted by molar-refractivity contribution is 9.10. The number of nitrogens with zero attached hydrogens (tertiary/aromatic N) is 2. The number of nitro groups is 1. The van der Waals surface area contributed by atoms with Gasteiger partial charge in [0, 0.05) is 22.2 Å². The van der Waals surface area contributed by atoms with Crippen LogP contribution in [0.4, 0.5) is 5.69 Å². The van der Waals surface area contributed by atoms with E-state index in [4.69, 9.17) is 14.3 Å². The zero-order valence-corrected chi connectivity index (χ0v) is 19.4. The molecule has 0 aromatic heterocycles. The second kappa shape index (κ2) is 11.3. The van der Waals surface area contributed by atoms with Gasteiger partial charge in [-0.15, -0.1) is 0 Å². The average molecular weight is 499 g/mol. The number of hydrogen-bond acceptors (Lipinski definition) is 6. The lowest BCUT2D eigenvalue weighted by Gasteiger charge is -2.14. The molecule has 0 aliphatic carbocycles. The zero-order valence-electron chi connectivity index (χ0n) is 17.8. The predicted molar refractivity (Wildman–Crippen MR) is 126 cm³/mol. The van der Waals surface area contributed by atoms with Gasteiger partial charge in [-0.05, 0) is 53.0 Å². The molecule has 3 aromatic rings. The number of ether oxygens (including phenoxy) is 2. The normalized spacial score (nSPS) is 10.8. The molecule has 0 saturated carbocycles. The van der Waals surface area contributed by atoms with Crippen LogP contribution >= 0.6 is 15.9 Å². The molecule has 8 heteroatoms. The van der Waals surface area contributed by atoms with Crippen molar-refractivity contribution < 1.29 is 19.2 Å². The minimum absolute atomic E-state index is 0.0143. The van der Waals surface area contributed by atoms with E-state index in [2.05, 4.69) is 21.1 Å². The van der Waals surface area contributed by atoms with Gasteiger partial charge in [0.25, 0.3) is 5.69 Å². The van der Waals surface area contributed by atoms with E-state index in [1.165, 1.54) is 17.7 Å². The molecule has 0 atom stereocenters. The first-order chi connectivity index (χ1) is 15.5. The summed E-state index contributed by atoms with van der Waals surface area (Å²) in [7, 11) is 0. The molecule has 0 bridgehead atoms. The molecule has 0 aliphatic heterocycles. The minimum Gasteiger partial charge on any atom is -0.490 e. The summed E-state index contributed by atoms with van der Waals surface area (Å²) >= 11 is 3.53. The van der Waals surface area contributed by atoms with Crippen LogP contribution in [0.1, 0.15) is 29.2 Å². The molecule has 0 N–H and O–H groups in total. The van der Waals surface area contributed by atoms with E-state index in [-0.39, 0.29) is 12.3 Å². The SMILES string of the molecule is CCOc1cc(/C=N\OCc2cccc([N+](=O)[O-])c2)c(Br)cc1OCc1ccc(C)cc1. The van der Waals surface area contributed by atoms with Gasteiger partial charge in [0.1, 0.15) is 13.2 Å². The average Bonchev–Trinajstić information content (AvgIpc) is 2.78. The molecular formula is C24H23BrN2O5. The molecule has 0 spiro atoms. The van der Waals surface area contributed by atoms with Gasteiger partial charge < -0.3 is 14.3 Å². The fourth-order valence-electron chi connectivity index (χ4n) is 2.84. The Labute approximate surface area is 194 Å². The number of oxime groups is 1. The lowest BCUT2D eigenvalue weighted by molar-refractivity contribution is -0.384. The second-order valence-electron chi connectivity index (χ2n) is 6.96. The van der Waals surface area contributed by atoms with Gasteiger partial charge in [0.15, 0.2) is 11.5 Å². The Hall–Kier alpha value is -3.39. The second-order valence-corrected chi connectivity index (χ2v) is 7.82. The van der Waals surface area contributed by atoms with Gasteiger partial charge in [0.2, 0.25) is 0 Å². The summed E-state index contributed by atoms with van der Waals surface area (Å²) in [6.07, 6.45) is 1.55. The van der Waals surface area contributed by atoms with Crippen LogP contribution in [0.15, 0.2) is 70.3 Å². The number of nitro benzene ring substituents is 1.